The number of carbonyl (C=O) groups excluding carboxylic acids is 2. The molecule has 0 saturated carbocycles. The normalized spacial score (nSPS) is 10.2. The van der Waals surface area contributed by atoms with Gasteiger partial charge in [-0.1, -0.05) is 36.4 Å². The number of hydrogen-bond acceptors (Lipinski definition) is 6. The minimum atomic E-state index is -0.873. The van der Waals surface area contributed by atoms with Crippen molar-refractivity contribution in [1.29, 1.82) is 0 Å². The van der Waals surface area contributed by atoms with E-state index in [0.717, 1.165) is 6.07 Å². The van der Waals surface area contributed by atoms with Crippen molar-refractivity contribution < 1.29 is 18.7 Å². The Morgan fingerprint density at radius 3 is 2.54 bits per heavy atom. The number of nitrogens with one attached hydrogen (secondary N) is 2. The summed E-state index contributed by atoms with van der Waals surface area (Å²) in [5.74, 6) is -1.15. The largest absolute Gasteiger partial charge is 0.464 e. The Morgan fingerprint density at radius 2 is 1.82 bits per heavy atom. The van der Waals surface area contributed by atoms with Crippen molar-refractivity contribution in [2.45, 2.75) is 6.92 Å². The lowest BCUT2D eigenvalue weighted by atomic mass is 10.2. The van der Waals surface area contributed by atoms with Crippen molar-refractivity contribution in [3.63, 3.8) is 0 Å². The molecule has 0 aliphatic rings. The van der Waals surface area contributed by atoms with Crippen LogP contribution in [0.3, 0.4) is 0 Å². The van der Waals surface area contributed by atoms with Gasteiger partial charge in [-0.25, -0.2) is 9.18 Å². The predicted molar refractivity (Wildman–Crippen MR) is 99.3 cm³/mol. The highest BCUT2D eigenvalue weighted by atomic mass is 19.1. The average molecular weight is 381 g/mol. The van der Waals surface area contributed by atoms with Crippen LogP contribution in [0.5, 0.6) is 6.01 Å². The molecule has 3 aromatic rings. The molecular formula is C19H16FN5O3. The number of carbonyl (C=O) groups is 2. The Morgan fingerprint density at radius 1 is 1.04 bits per heavy atom. The van der Waals surface area contributed by atoms with Gasteiger partial charge in [0.1, 0.15) is 5.82 Å². The third-order valence-electron chi connectivity index (χ3n) is 3.46. The lowest BCUT2D eigenvalue weighted by molar-refractivity contribution is 0.0966. The van der Waals surface area contributed by atoms with Gasteiger partial charge in [-0.3, -0.25) is 15.4 Å². The molecule has 0 aliphatic carbocycles. The second kappa shape index (κ2) is 8.67. The first-order valence-electron chi connectivity index (χ1n) is 8.37. The highest BCUT2D eigenvalue weighted by Crippen LogP contribution is 2.18. The van der Waals surface area contributed by atoms with Gasteiger partial charge in [0.15, 0.2) is 5.82 Å². The van der Waals surface area contributed by atoms with Crippen molar-refractivity contribution >= 4 is 17.9 Å². The first kappa shape index (κ1) is 18.9. The van der Waals surface area contributed by atoms with E-state index < -0.39 is 17.8 Å². The molecule has 3 rings (SSSR count). The molecule has 0 atom stereocenters. The average Bonchev–Trinajstić information content (AvgIpc) is 2.68. The van der Waals surface area contributed by atoms with E-state index in [0.29, 0.717) is 18.0 Å². The smallest absolute Gasteiger partial charge is 0.328 e. The van der Waals surface area contributed by atoms with Crippen LogP contribution in [0.1, 0.15) is 17.3 Å². The lowest BCUT2D eigenvalue weighted by Crippen LogP contribution is -2.35. The molecule has 0 spiro atoms. The third-order valence-corrected chi connectivity index (χ3v) is 3.46. The third kappa shape index (κ3) is 4.85. The summed E-state index contributed by atoms with van der Waals surface area (Å²) in [7, 11) is 0. The fraction of sp³-hybridized carbons (Fsp3) is 0.105. The minimum absolute atomic E-state index is 0.00535. The molecule has 142 valence electrons. The summed E-state index contributed by atoms with van der Waals surface area (Å²) in [6.45, 7) is 2.09. The molecule has 1 aromatic heterocycles. The van der Waals surface area contributed by atoms with E-state index in [1.165, 1.54) is 18.2 Å². The summed E-state index contributed by atoms with van der Waals surface area (Å²) in [5.41, 5.74) is 0.705. The first-order chi connectivity index (χ1) is 13.5. The number of nitrogens with zero attached hydrogens (tertiary/aromatic N) is 3. The number of imide groups is 1. The molecule has 0 unspecified atom stereocenters. The Hall–Kier alpha value is -3.88. The van der Waals surface area contributed by atoms with Gasteiger partial charge in [0.05, 0.1) is 6.61 Å². The molecule has 0 aliphatic heterocycles. The molecule has 0 saturated heterocycles. The fourth-order valence-electron chi connectivity index (χ4n) is 2.26. The number of benzene rings is 2. The summed E-state index contributed by atoms with van der Waals surface area (Å²) in [6, 6.07) is 13.2. The van der Waals surface area contributed by atoms with Crippen LogP contribution in [0.25, 0.3) is 11.4 Å². The summed E-state index contributed by atoms with van der Waals surface area (Å²) < 4.78 is 18.5. The summed E-state index contributed by atoms with van der Waals surface area (Å²) in [4.78, 5) is 36.5. The molecule has 28 heavy (non-hydrogen) atoms. The predicted octanol–water partition coefficient (Wildman–Crippen LogP) is 3.04. The highest BCUT2D eigenvalue weighted by molar-refractivity contribution is 6.07. The molecule has 9 heteroatoms. The number of hydrogen-bond donors (Lipinski definition) is 2. The van der Waals surface area contributed by atoms with Gasteiger partial charge in [-0.15, -0.1) is 0 Å². The van der Waals surface area contributed by atoms with Crippen molar-refractivity contribution in [2.24, 2.45) is 0 Å². The Balaban J connectivity index is 1.78. The van der Waals surface area contributed by atoms with Crippen molar-refractivity contribution in [2.75, 3.05) is 11.9 Å². The number of aromatic nitrogens is 3. The zero-order valence-electron chi connectivity index (χ0n) is 14.8. The van der Waals surface area contributed by atoms with E-state index in [1.807, 2.05) is 18.2 Å². The van der Waals surface area contributed by atoms with Crippen LogP contribution in [-0.2, 0) is 0 Å². The maximum atomic E-state index is 13.2. The minimum Gasteiger partial charge on any atom is -0.464 e. The summed E-state index contributed by atoms with van der Waals surface area (Å²) in [6.07, 6.45) is 0. The highest BCUT2D eigenvalue weighted by Gasteiger charge is 2.15. The van der Waals surface area contributed by atoms with Gasteiger partial charge in [0.25, 0.3) is 5.91 Å². The van der Waals surface area contributed by atoms with Crippen LogP contribution in [0, 0.1) is 5.82 Å². The van der Waals surface area contributed by atoms with Gasteiger partial charge in [0.2, 0.25) is 5.95 Å². The second-order valence-electron chi connectivity index (χ2n) is 5.48. The molecule has 3 amide bonds. The van der Waals surface area contributed by atoms with Gasteiger partial charge in [-0.2, -0.15) is 15.0 Å². The van der Waals surface area contributed by atoms with Crippen LogP contribution in [-0.4, -0.2) is 33.5 Å². The van der Waals surface area contributed by atoms with E-state index in [1.54, 1.807) is 19.1 Å². The van der Waals surface area contributed by atoms with Gasteiger partial charge in [-0.05, 0) is 25.1 Å². The molecule has 1 heterocycles. The van der Waals surface area contributed by atoms with Gasteiger partial charge in [0, 0.05) is 11.1 Å². The van der Waals surface area contributed by atoms with Crippen molar-refractivity contribution in [3.8, 4) is 17.4 Å². The van der Waals surface area contributed by atoms with Crippen LogP contribution < -0.4 is 15.4 Å². The zero-order chi connectivity index (χ0) is 19.9. The van der Waals surface area contributed by atoms with Gasteiger partial charge < -0.3 is 4.74 Å². The van der Waals surface area contributed by atoms with Crippen LogP contribution in [0.2, 0.25) is 0 Å². The SMILES string of the molecule is CCOc1nc(NC(=O)NC(=O)c2cccc(F)c2)nc(-c2ccccc2)n1. The van der Waals surface area contributed by atoms with Gasteiger partial charge >= 0.3 is 12.0 Å². The number of urea groups is 1. The van der Waals surface area contributed by atoms with E-state index in [2.05, 4.69) is 25.6 Å². The second-order valence-corrected chi connectivity index (χ2v) is 5.48. The van der Waals surface area contributed by atoms with E-state index in [-0.39, 0.29) is 17.5 Å². The molecule has 0 fully saturated rings. The zero-order valence-corrected chi connectivity index (χ0v) is 14.8. The van der Waals surface area contributed by atoms with Crippen LogP contribution >= 0.6 is 0 Å². The number of halogens is 1. The maximum Gasteiger partial charge on any atom is 0.328 e. The maximum absolute atomic E-state index is 13.2. The number of amides is 3. The Kier molecular flexibility index (Phi) is 5.85. The Bertz CT molecular complexity index is 998. The topological polar surface area (TPSA) is 106 Å². The molecule has 2 N–H and O–H groups in total. The standard InChI is InChI=1S/C19H16FN5O3/c1-2-28-19-22-15(12-7-4-3-5-8-12)21-17(25-19)24-18(27)23-16(26)13-9-6-10-14(20)11-13/h3-11H,2H2,1H3,(H2,21,22,23,24,25,26,27). The van der Waals surface area contributed by atoms with Crippen LogP contribution in [0.15, 0.2) is 54.6 Å². The van der Waals surface area contributed by atoms with Crippen molar-refractivity contribution in [3.05, 3.63) is 66.0 Å². The number of anilines is 1. The molecular weight excluding hydrogens is 365 g/mol. The Labute approximate surface area is 159 Å². The van der Waals surface area contributed by atoms with E-state index >= 15 is 0 Å². The number of rotatable bonds is 5. The fourth-order valence-corrected chi connectivity index (χ4v) is 2.26. The van der Waals surface area contributed by atoms with E-state index in [4.69, 9.17) is 4.74 Å². The summed E-state index contributed by atoms with van der Waals surface area (Å²) >= 11 is 0. The molecule has 0 bridgehead atoms. The van der Waals surface area contributed by atoms with Crippen LogP contribution in [0.4, 0.5) is 15.1 Å². The quantitative estimate of drug-likeness (QED) is 0.704. The molecule has 2 aromatic carbocycles. The van der Waals surface area contributed by atoms with E-state index in [9.17, 15) is 14.0 Å². The first-order valence-corrected chi connectivity index (χ1v) is 8.37. The van der Waals surface area contributed by atoms with Crippen molar-refractivity contribution in [1.82, 2.24) is 20.3 Å². The monoisotopic (exact) mass is 381 g/mol. The molecule has 0 radical (unpaired) electrons. The number of ether oxygens (including phenoxy) is 1. The molecule has 8 nitrogen and oxygen atoms in total. The summed E-state index contributed by atoms with van der Waals surface area (Å²) in [5, 5.41) is 4.45. The lowest BCUT2D eigenvalue weighted by Gasteiger charge is -2.09.